The maximum Gasteiger partial charge on any atom is 0.0829 e. The highest BCUT2D eigenvalue weighted by Gasteiger charge is 2.37. The standard InChI is InChI=1S/C16H33N3O/c1-4-19-9-10-20-15(12-19)11-18(3)16(13-17)7-5-14(2)6-8-16/h14-15H,4-13,17H2,1-3H3. The minimum Gasteiger partial charge on any atom is -0.374 e. The average molecular weight is 283 g/mol. The molecule has 4 nitrogen and oxygen atoms in total. The van der Waals surface area contributed by atoms with Crippen LogP contribution in [-0.4, -0.2) is 67.8 Å². The number of hydrogen-bond acceptors (Lipinski definition) is 4. The molecule has 1 heterocycles. The fourth-order valence-electron chi connectivity index (χ4n) is 3.72. The predicted molar refractivity (Wildman–Crippen MR) is 83.9 cm³/mol. The molecule has 1 unspecified atom stereocenters. The fraction of sp³-hybridized carbons (Fsp3) is 1.00. The van der Waals surface area contributed by atoms with Gasteiger partial charge < -0.3 is 10.5 Å². The summed E-state index contributed by atoms with van der Waals surface area (Å²) in [4.78, 5) is 4.99. The molecule has 0 spiro atoms. The molecule has 0 aromatic rings. The van der Waals surface area contributed by atoms with Crippen molar-refractivity contribution in [1.82, 2.24) is 9.80 Å². The zero-order valence-corrected chi connectivity index (χ0v) is 13.6. The van der Waals surface area contributed by atoms with E-state index in [0.717, 1.165) is 45.2 Å². The largest absolute Gasteiger partial charge is 0.374 e. The summed E-state index contributed by atoms with van der Waals surface area (Å²) in [5.74, 6) is 0.865. The molecule has 1 aliphatic carbocycles. The van der Waals surface area contributed by atoms with Crippen molar-refractivity contribution in [1.29, 1.82) is 0 Å². The first kappa shape index (κ1) is 16.2. The van der Waals surface area contributed by atoms with Gasteiger partial charge in [0.25, 0.3) is 0 Å². The van der Waals surface area contributed by atoms with E-state index in [1.807, 2.05) is 0 Å². The normalized spacial score (nSPS) is 36.5. The number of nitrogens with zero attached hydrogens (tertiary/aromatic N) is 2. The minimum atomic E-state index is 0.213. The van der Waals surface area contributed by atoms with Gasteiger partial charge in [0, 0.05) is 31.7 Å². The molecule has 2 N–H and O–H groups in total. The van der Waals surface area contributed by atoms with E-state index < -0.39 is 0 Å². The molecular formula is C16H33N3O. The second-order valence-corrected chi connectivity index (χ2v) is 6.88. The predicted octanol–water partition coefficient (Wildman–Crippen LogP) is 1.55. The molecule has 0 aromatic carbocycles. The quantitative estimate of drug-likeness (QED) is 0.831. The highest BCUT2D eigenvalue weighted by atomic mass is 16.5. The summed E-state index contributed by atoms with van der Waals surface area (Å²) in [5.41, 5.74) is 6.36. The molecule has 2 aliphatic rings. The first-order chi connectivity index (χ1) is 9.59. The lowest BCUT2D eigenvalue weighted by Crippen LogP contribution is -2.57. The monoisotopic (exact) mass is 283 g/mol. The summed E-state index contributed by atoms with van der Waals surface area (Å²) < 4.78 is 5.96. The van der Waals surface area contributed by atoms with Crippen LogP contribution in [-0.2, 0) is 4.74 Å². The van der Waals surface area contributed by atoms with E-state index in [9.17, 15) is 0 Å². The average Bonchev–Trinajstić information content (AvgIpc) is 2.48. The van der Waals surface area contributed by atoms with Crippen molar-refractivity contribution in [2.45, 2.75) is 51.2 Å². The molecule has 20 heavy (non-hydrogen) atoms. The second-order valence-electron chi connectivity index (χ2n) is 6.88. The zero-order chi connectivity index (χ0) is 14.6. The maximum atomic E-state index is 6.15. The zero-order valence-electron chi connectivity index (χ0n) is 13.6. The van der Waals surface area contributed by atoms with Gasteiger partial charge in [-0.25, -0.2) is 0 Å². The molecular weight excluding hydrogens is 250 g/mol. The second kappa shape index (κ2) is 7.21. The van der Waals surface area contributed by atoms with E-state index in [-0.39, 0.29) is 5.54 Å². The van der Waals surface area contributed by atoms with Gasteiger partial charge in [-0.05, 0) is 45.2 Å². The lowest BCUT2D eigenvalue weighted by atomic mass is 9.76. The third kappa shape index (κ3) is 3.73. The molecule has 1 saturated carbocycles. The Balaban J connectivity index is 1.90. The fourth-order valence-corrected chi connectivity index (χ4v) is 3.72. The van der Waals surface area contributed by atoms with Crippen LogP contribution in [0.1, 0.15) is 39.5 Å². The van der Waals surface area contributed by atoms with E-state index >= 15 is 0 Å². The summed E-state index contributed by atoms with van der Waals surface area (Å²) in [6.07, 6.45) is 5.45. The number of morpholine rings is 1. The summed E-state index contributed by atoms with van der Waals surface area (Å²) >= 11 is 0. The van der Waals surface area contributed by atoms with Gasteiger partial charge in [0.1, 0.15) is 0 Å². The van der Waals surface area contributed by atoms with E-state index in [1.165, 1.54) is 25.7 Å². The smallest absolute Gasteiger partial charge is 0.0829 e. The molecule has 4 heteroatoms. The molecule has 2 fully saturated rings. The van der Waals surface area contributed by atoms with Crippen molar-refractivity contribution in [2.24, 2.45) is 11.7 Å². The van der Waals surface area contributed by atoms with Crippen molar-refractivity contribution >= 4 is 0 Å². The van der Waals surface area contributed by atoms with Crippen LogP contribution >= 0.6 is 0 Å². The summed E-state index contributed by atoms with van der Waals surface area (Å²) in [6.45, 7) is 10.5. The van der Waals surface area contributed by atoms with Gasteiger partial charge in [0.2, 0.25) is 0 Å². The van der Waals surface area contributed by atoms with Gasteiger partial charge in [0.05, 0.1) is 12.7 Å². The van der Waals surface area contributed by atoms with Crippen LogP contribution in [0, 0.1) is 5.92 Å². The number of nitrogens with two attached hydrogens (primary N) is 1. The van der Waals surface area contributed by atoms with Gasteiger partial charge in [0.15, 0.2) is 0 Å². The molecule has 0 aromatic heterocycles. The summed E-state index contributed by atoms with van der Waals surface area (Å²) in [5, 5.41) is 0. The maximum absolute atomic E-state index is 6.15. The molecule has 2 rings (SSSR count). The number of likely N-dealkylation sites (N-methyl/N-ethyl adjacent to an activating group) is 2. The third-order valence-corrected chi connectivity index (χ3v) is 5.54. The van der Waals surface area contributed by atoms with Gasteiger partial charge in [-0.1, -0.05) is 13.8 Å². The Morgan fingerprint density at radius 3 is 2.65 bits per heavy atom. The topological polar surface area (TPSA) is 41.7 Å². The number of rotatable bonds is 5. The van der Waals surface area contributed by atoms with Crippen LogP contribution in [0.5, 0.6) is 0 Å². The van der Waals surface area contributed by atoms with E-state index in [1.54, 1.807) is 0 Å². The van der Waals surface area contributed by atoms with Gasteiger partial charge in [-0.3, -0.25) is 9.80 Å². The molecule has 118 valence electrons. The molecule has 0 radical (unpaired) electrons. The van der Waals surface area contributed by atoms with Crippen LogP contribution in [0.15, 0.2) is 0 Å². The lowest BCUT2D eigenvalue weighted by molar-refractivity contribution is -0.0585. The van der Waals surface area contributed by atoms with Crippen LogP contribution in [0.25, 0.3) is 0 Å². The molecule has 0 bridgehead atoms. The van der Waals surface area contributed by atoms with Gasteiger partial charge in [-0.15, -0.1) is 0 Å². The van der Waals surface area contributed by atoms with E-state index in [4.69, 9.17) is 10.5 Å². The molecule has 1 aliphatic heterocycles. The van der Waals surface area contributed by atoms with Crippen LogP contribution < -0.4 is 5.73 Å². The highest BCUT2D eigenvalue weighted by molar-refractivity contribution is 4.95. The Kier molecular flexibility index (Phi) is 5.84. The summed E-state index contributed by atoms with van der Waals surface area (Å²) in [7, 11) is 2.25. The van der Waals surface area contributed by atoms with Crippen LogP contribution in [0.2, 0.25) is 0 Å². The van der Waals surface area contributed by atoms with Gasteiger partial charge in [-0.2, -0.15) is 0 Å². The van der Waals surface area contributed by atoms with Gasteiger partial charge >= 0.3 is 0 Å². The van der Waals surface area contributed by atoms with Crippen molar-refractivity contribution in [3.05, 3.63) is 0 Å². The van der Waals surface area contributed by atoms with Crippen LogP contribution in [0.4, 0.5) is 0 Å². The first-order valence-corrected chi connectivity index (χ1v) is 8.35. The van der Waals surface area contributed by atoms with Crippen molar-refractivity contribution in [3.63, 3.8) is 0 Å². The first-order valence-electron chi connectivity index (χ1n) is 8.35. The highest BCUT2D eigenvalue weighted by Crippen LogP contribution is 2.35. The Hall–Kier alpha value is -0.160. The minimum absolute atomic E-state index is 0.213. The molecule has 1 atom stereocenters. The number of hydrogen-bond donors (Lipinski definition) is 1. The van der Waals surface area contributed by atoms with Crippen molar-refractivity contribution in [3.8, 4) is 0 Å². The Morgan fingerprint density at radius 1 is 1.35 bits per heavy atom. The van der Waals surface area contributed by atoms with E-state index in [2.05, 4.69) is 30.7 Å². The van der Waals surface area contributed by atoms with E-state index in [0.29, 0.717) is 6.10 Å². The van der Waals surface area contributed by atoms with Crippen molar-refractivity contribution < 1.29 is 4.74 Å². The molecule has 0 amide bonds. The van der Waals surface area contributed by atoms with Crippen molar-refractivity contribution in [2.75, 3.05) is 46.4 Å². The lowest BCUT2D eigenvalue weighted by Gasteiger charge is -2.47. The Morgan fingerprint density at radius 2 is 2.05 bits per heavy atom. The molecule has 1 saturated heterocycles. The number of ether oxygens (including phenoxy) is 1. The Labute approximate surface area is 124 Å². The Bertz CT molecular complexity index is 289. The third-order valence-electron chi connectivity index (χ3n) is 5.54. The SMILES string of the molecule is CCN1CCOC(CN(C)C2(CN)CCC(C)CC2)C1. The van der Waals surface area contributed by atoms with Crippen LogP contribution in [0.3, 0.4) is 0 Å². The summed E-state index contributed by atoms with van der Waals surface area (Å²) in [6, 6.07) is 0.